The third-order valence-electron chi connectivity index (χ3n) is 7.70. The molecule has 5 atom stereocenters. The van der Waals surface area contributed by atoms with Gasteiger partial charge in [0.05, 0.1) is 8.07 Å². The van der Waals surface area contributed by atoms with E-state index in [2.05, 4.69) is 94.6 Å². The van der Waals surface area contributed by atoms with Gasteiger partial charge in [-0.15, -0.1) is 0 Å². The molecule has 0 N–H and O–H groups in total. The van der Waals surface area contributed by atoms with E-state index in [1.54, 1.807) is 5.57 Å². The van der Waals surface area contributed by atoms with Crippen LogP contribution in [0.15, 0.2) is 60.7 Å². The molecule has 148 valence electrons. The molecule has 4 rings (SSSR count). The van der Waals surface area contributed by atoms with Crippen LogP contribution in [0.4, 0.5) is 0 Å². The Balaban J connectivity index is 1.70. The second-order valence-corrected chi connectivity index (χ2v) is 15.2. The van der Waals surface area contributed by atoms with Gasteiger partial charge >= 0.3 is 0 Å². The van der Waals surface area contributed by atoms with E-state index >= 15 is 0 Å². The van der Waals surface area contributed by atoms with Crippen LogP contribution in [0.25, 0.3) is 16.3 Å². The van der Waals surface area contributed by atoms with Crippen LogP contribution in [0.1, 0.15) is 39.2 Å². The van der Waals surface area contributed by atoms with Crippen molar-refractivity contribution in [1.82, 2.24) is 0 Å². The SMILES string of the molecule is CCC(C)C[Si](C)(C)C1C(C)CC2C(c3cccc4ccccc34)=CC=CC21. The first kappa shape index (κ1) is 19.7. The quantitative estimate of drug-likeness (QED) is 0.453. The predicted octanol–water partition coefficient (Wildman–Crippen LogP) is 8.19. The second kappa shape index (κ2) is 7.67. The number of fused-ring (bicyclic) bond motifs is 2. The van der Waals surface area contributed by atoms with Crippen molar-refractivity contribution in [1.29, 1.82) is 0 Å². The molecule has 0 saturated heterocycles. The molecule has 1 heteroatoms. The molecule has 0 aliphatic heterocycles. The Labute approximate surface area is 172 Å². The van der Waals surface area contributed by atoms with Crippen LogP contribution in [0.2, 0.25) is 24.7 Å². The lowest BCUT2D eigenvalue weighted by molar-refractivity contribution is 0.533. The van der Waals surface area contributed by atoms with E-state index in [1.807, 2.05) is 0 Å². The Hall–Kier alpha value is -1.60. The van der Waals surface area contributed by atoms with Crippen LogP contribution in [-0.4, -0.2) is 8.07 Å². The van der Waals surface area contributed by atoms with Gasteiger partial charge in [-0.05, 0) is 57.5 Å². The highest BCUT2D eigenvalue weighted by atomic mass is 28.3. The van der Waals surface area contributed by atoms with Gasteiger partial charge in [0.15, 0.2) is 0 Å². The summed E-state index contributed by atoms with van der Waals surface area (Å²) in [7, 11) is -1.29. The van der Waals surface area contributed by atoms with E-state index in [4.69, 9.17) is 0 Å². The average molecular weight is 389 g/mol. The summed E-state index contributed by atoms with van der Waals surface area (Å²) >= 11 is 0. The zero-order chi connectivity index (χ0) is 19.9. The van der Waals surface area contributed by atoms with Crippen molar-refractivity contribution in [3.05, 3.63) is 66.3 Å². The maximum Gasteiger partial charge on any atom is 0.0516 e. The van der Waals surface area contributed by atoms with Crippen molar-refractivity contribution in [2.75, 3.05) is 0 Å². The van der Waals surface area contributed by atoms with Crippen LogP contribution >= 0.6 is 0 Å². The second-order valence-electron chi connectivity index (χ2n) is 10.2. The molecular formula is C27H36Si. The molecule has 0 heterocycles. The molecule has 5 unspecified atom stereocenters. The largest absolute Gasteiger partial charge is 0.0808 e. The van der Waals surface area contributed by atoms with E-state index in [-0.39, 0.29) is 0 Å². The van der Waals surface area contributed by atoms with Gasteiger partial charge in [-0.3, -0.25) is 0 Å². The highest BCUT2D eigenvalue weighted by molar-refractivity contribution is 6.79. The van der Waals surface area contributed by atoms with Gasteiger partial charge in [0.25, 0.3) is 0 Å². The number of allylic oxidation sites excluding steroid dienone is 4. The maximum atomic E-state index is 2.67. The summed E-state index contributed by atoms with van der Waals surface area (Å²) in [6, 6.07) is 17.2. The fourth-order valence-electron chi connectivity index (χ4n) is 6.57. The van der Waals surface area contributed by atoms with Gasteiger partial charge < -0.3 is 0 Å². The lowest BCUT2D eigenvalue weighted by Crippen LogP contribution is -2.39. The highest BCUT2D eigenvalue weighted by Crippen LogP contribution is 2.58. The van der Waals surface area contributed by atoms with Crippen molar-refractivity contribution in [3.8, 4) is 0 Å². The molecular weight excluding hydrogens is 352 g/mol. The summed E-state index contributed by atoms with van der Waals surface area (Å²) in [6.45, 7) is 12.7. The molecule has 0 nitrogen and oxygen atoms in total. The Morgan fingerprint density at radius 2 is 1.82 bits per heavy atom. The molecule has 0 amide bonds. The van der Waals surface area contributed by atoms with Gasteiger partial charge in [0.2, 0.25) is 0 Å². The minimum atomic E-state index is -1.29. The van der Waals surface area contributed by atoms with E-state index in [0.29, 0.717) is 5.92 Å². The van der Waals surface area contributed by atoms with E-state index in [1.165, 1.54) is 35.2 Å². The molecule has 28 heavy (non-hydrogen) atoms. The lowest BCUT2D eigenvalue weighted by Gasteiger charge is -2.39. The third-order valence-corrected chi connectivity index (χ3v) is 12.2. The predicted molar refractivity (Wildman–Crippen MR) is 127 cm³/mol. The van der Waals surface area contributed by atoms with Crippen molar-refractivity contribution in [2.24, 2.45) is 23.7 Å². The smallest absolute Gasteiger partial charge is 0.0516 e. The van der Waals surface area contributed by atoms with Crippen LogP contribution < -0.4 is 0 Å². The number of rotatable bonds is 5. The van der Waals surface area contributed by atoms with Crippen LogP contribution in [-0.2, 0) is 0 Å². The number of hydrogen-bond donors (Lipinski definition) is 0. The summed E-state index contributed by atoms with van der Waals surface area (Å²) in [4.78, 5) is 0. The standard InChI is InChI=1S/C27H36Si/c1-6-19(2)18-28(4,5)27-20(3)17-26-24(15-10-16-25(26)27)23-14-9-12-21-11-7-8-13-22(21)23/h7-16,19-20,25-27H,6,17-18H2,1-5H3. The molecule has 0 radical (unpaired) electrons. The summed E-state index contributed by atoms with van der Waals surface area (Å²) in [5.41, 5.74) is 3.96. The molecule has 0 bridgehead atoms. The molecule has 2 aliphatic carbocycles. The van der Waals surface area contributed by atoms with E-state index in [0.717, 1.165) is 23.3 Å². The fraction of sp³-hybridized carbons (Fsp3) is 0.481. The lowest BCUT2D eigenvalue weighted by atomic mass is 9.80. The Kier molecular flexibility index (Phi) is 5.40. The van der Waals surface area contributed by atoms with Crippen LogP contribution in [0, 0.1) is 23.7 Å². The van der Waals surface area contributed by atoms with Gasteiger partial charge in [-0.1, -0.05) is 107 Å². The topological polar surface area (TPSA) is 0 Å². The number of benzene rings is 2. The molecule has 0 spiro atoms. The van der Waals surface area contributed by atoms with Crippen LogP contribution in [0.3, 0.4) is 0 Å². The molecule has 2 aromatic carbocycles. The fourth-order valence-corrected chi connectivity index (χ4v) is 12.0. The average Bonchev–Trinajstić information content (AvgIpc) is 3.03. The molecule has 2 aliphatic rings. The first-order valence-corrected chi connectivity index (χ1v) is 14.6. The molecule has 1 saturated carbocycles. The first-order chi connectivity index (χ1) is 13.4. The summed E-state index contributed by atoms with van der Waals surface area (Å²) in [5, 5.41) is 2.78. The molecule has 0 aromatic heterocycles. The molecule has 2 aromatic rings. The minimum absolute atomic E-state index is 0.694. The van der Waals surface area contributed by atoms with Crippen molar-refractivity contribution < 1.29 is 0 Å². The van der Waals surface area contributed by atoms with E-state index in [9.17, 15) is 0 Å². The Morgan fingerprint density at radius 3 is 2.61 bits per heavy atom. The van der Waals surface area contributed by atoms with Crippen LogP contribution in [0.5, 0.6) is 0 Å². The van der Waals surface area contributed by atoms with Gasteiger partial charge in [0.1, 0.15) is 0 Å². The maximum absolute atomic E-state index is 2.67. The summed E-state index contributed by atoms with van der Waals surface area (Å²) in [5.74, 6) is 3.13. The third kappa shape index (κ3) is 3.43. The zero-order valence-electron chi connectivity index (χ0n) is 18.3. The van der Waals surface area contributed by atoms with E-state index < -0.39 is 8.07 Å². The van der Waals surface area contributed by atoms with Gasteiger partial charge in [0, 0.05) is 0 Å². The summed E-state index contributed by atoms with van der Waals surface area (Å²) < 4.78 is 0. The Bertz CT molecular complexity index is 898. The van der Waals surface area contributed by atoms with Crippen molar-refractivity contribution in [2.45, 2.75) is 58.3 Å². The highest BCUT2D eigenvalue weighted by Gasteiger charge is 2.49. The first-order valence-electron chi connectivity index (χ1n) is 11.3. The van der Waals surface area contributed by atoms with Gasteiger partial charge in [-0.25, -0.2) is 0 Å². The molecule has 1 fully saturated rings. The zero-order valence-corrected chi connectivity index (χ0v) is 19.3. The normalized spacial score (nSPS) is 28.2. The minimum Gasteiger partial charge on any atom is -0.0808 e. The number of hydrogen-bond acceptors (Lipinski definition) is 0. The van der Waals surface area contributed by atoms with Crippen molar-refractivity contribution >= 4 is 24.4 Å². The monoisotopic (exact) mass is 388 g/mol. The Morgan fingerprint density at radius 1 is 1.07 bits per heavy atom. The summed E-state index contributed by atoms with van der Waals surface area (Å²) in [6.07, 6.45) is 10.0. The van der Waals surface area contributed by atoms with Crippen molar-refractivity contribution in [3.63, 3.8) is 0 Å². The van der Waals surface area contributed by atoms with Gasteiger partial charge in [-0.2, -0.15) is 0 Å².